The molecule has 0 aromatic heterocycles. The highest BCUT2D eigenvalue weighted by atomic mass is 16.6. The van der Waals surface area contributed by atoms with Crippen LogP contribution in [-0.2, 0) is 4.79 Å². The van der Waals surface area contributed by atoms with Crippen molar-refractivity contribution in [3.05, 3.63) is 33.9 Å². The Morgan fingerprint density at radius 2 is 2.33 bits per heavy atom. The molecule has 1 heterocycles. The van der Waals surface area contributed by atoms with Gasteiger partial charge in [0.2, 0.25) is 5.91 Å². The maximum Gasteiger partial charge on any atom is 0.274 e. The van der Waals surface area contributed by atoms with Gasteiger partial charge in [0.25, 0.3) is 5.69 Å². The fraction of sp³-hybridized carbons (Fsp3) is 0.417. The molecule has 0 bridgehead atoms. The highest BCUT2D eigenvalue weighted by Crippen LogP contribution is 2.25. The predicted octanol–water partition coefficient (Wildman–Crippen LogP) is 1.59. The van der Waals surface area contributed by atoms with Gasteiger partial charge in [0.15, 0.2) is 0 Å². The van der Waals surface area contributed by atoms with Crippen LogP contribution in [0, 0.1) is 17.0 Å². The molecule has 1 saturated heterocycles. The van der Waals surface area contributed by atoms with E-state index in [9.17, 15) is 14.9 Å². The quantitative estimate of drug-likeness (QED) is 0.627. The van der Waals surface area contributed by atoms with E-state index in [0.29, 0.717) is 18.5 Å². The van der Waals surface area contributed by atoms with Gasteiger partial charge in [-0.2, -0.15) is 0 Å². The van der Waals surface area contributed by atoms with Gasteiger partial charge in [-0.15, -0.1) is 0 Å². The minimum absolute atomic E-state index is 0.0672. The molecule has 1 atom stereocenters. The van der Waals surface area contributed by atoms with Crippen LogP contribution in [0.1, 0.15) is 18.4 Å². The maximum atomic E-state index is 11.0. The van der Waals surface area contributed by atoms with E-state index < -0.39 is 4.92 Å². The van der Waals surface area contributed by atoms with Crippen molar-refractivity contribution in [1.29, 1.82) is 0 Å². The number of carbonyl (C=O) groups is 1. The van der Waals surface area contributed by atoms with Crippen LogP contribution in [0.4, 0.5) is 11.4 Å². The van der Waals surface area contributed by atoms with Crippen LogP contribution in [0.5, 0.6) is 0 Å². The van der Waals surface area contributed by atoms with E-state index in [-0.39, 0.29) is 17.6 Å². The zero-order chi connectivity index (χ0) is 13.1. The third-order valence-electron chi connectivity index (χ3n) is 3.13. The molecule has 0 spiro atoms. The van der Waals surface area contributed by atoms with Crippen LogP contribution in [0.2, 0.25) is 0 Å². The molecule has 0 saturated carbocycles. The molecular formula is C12H15N3O3. The Labute approximate surface area is 105 Å². The number of nitro benzene ring substituents is 1. The molecule has 1 aliphatic rings. The Bertz CT molecular complexity index is 487. The lowest BCUT2D eigenvalue weighted by Gasteiger charge is -2.14. The zero-order valence-electron chi connectivity index (χ0n) is 10.1. The molecule has 2 N–H and O–H groups in total. The average molecular weight is 249 g/mol. The minimum Gasteiger partial charge on any atom is -0.383 e. The Morgan fingerprint density at radius 3 is 2.94 bits per heavy atom. The third-order valence-corrected chi connectivity index (χ3v) is 3.13. The molecule has 2 rings (SSSR count). The van der Waals surface area contributed by atoms with Crippen molar-refractivity contribution in [3.8, 4) is 0 Å². The summed E-state index contributed by atoms with van der Waals surface area (Å²) in [6.45, 7) is 2.31. The first-order valence-electron chi connectivity index (χ1n) is 5.85. The van der Waals surface area contributed by atoms with Crippen LogP contribution in [-0.4, -0.2) is 23.4 Å². The summed E-state index contributed by atoms with van der Waals surface area (Å²) in [6.07, 6.45) is 1.36. The molecular weight excluding hydrogens is 234 g/mol. The Hall–Kier alpha value is -2.11. The number of hydrogen-bond donors (Lipinski definition) is 2. The maximum absolute atomic E-state index is 11.0. The van der Waals surface area contributed by atoms with E-state index in [1.165, 1.54) is 6.07 Å². The second-order valence-electron chi connectivity index (χ2n) is 4.39. The molecule has 6 heteroatoms. The summed E-state index contributed by atoms with van der Waals surface area (Å²) < 4.78 is 0. The first-order valence-corrected chi connectivity index (χ1v) is 5.85. The fourth-order valence-electron chi connectivity index (χ4n) is 2.08. The Balaban J connectivity index is 2.03. The molecule has 0 aliphatic carbocycles. The van der Waals surface area contributed by atoms with Crippen molar-refractivity contribution in [2.75, 3.05) is 11.9 Å². The zero-order valence-corrected chi connectivity index (χ0v) is 10.1. The molecule has 96 valence electrons. The third kappa shape index (κ3) is 2.58. The molecule has 1 aromatic rings. The van der Waals surface area contributed by atoms with Crippen LogP contribution in [0.25, 0.3) is 0 Å². The highest BCUT2D eigenvalue weighted by Gasteiger charge is 2.21. The molecule has 1 unspecified atom stereocenters. The van der Waals surface area contributed by atoms with Crippen molar-refractivity contribution in [3.63, 3.8) is 0 Å². The van der Waals surface area contributed by atoms with Gasteiger partial charge in [-0.05, 0) is 19.4 Å². The number of carbonyl (C=O) groups excluding carboxylic acids is 1. The van der Waals surface area contributed by atoms with E-state index in [2.05, 4.69) is 10.6 Å². The molecule has 0 radical (unpaired) electrons. The van der Waals surface area contributed by atoms with Gasteiger partial charge >= 0.3 is 0 Å². The number of nitrogens with one attached hydrogen (secondary N) is 2. The van der Waals surface area contributed by atoms with E-state index in [1.807, 2.05) is 0 Å². The largest absolute Gasteiger partial charge is 0.383 e. The summed E-state index contributed by atoms with van der Waals surface area (Å²) in [5, 5.41) is 16.8. The molecule has 1 aromatic carbocycles. The van der Waals surface area contributed by atoms with Crippen LogP contribution >= 0.6 is 0 Å². The number of nitro groups is 1. The Kier molecular flexibility index (Phi) is 3.45. The first-order chi connectivity index (χ1) is 8.58. The van der Waals surface area contributed by atoms with E-state index >= 15 is 0 Å². The first kappa shape index (κ1) is 12.3. The lowest BCUT2D eigenvalue weighted by atomic mass is 10.1. The molecule has 6 nitrogen and oxygen atoms in total. The van der Waals surface area contributed by atoms with Gasteiger partial charge < -0.3 is 10.6 Å². The summed E-state index contributed by atoms with van der Waals surface area (Å²) in [6, 6.07) is 5.05. The van der Waals surface area contributed by atoms with Crippen LogP contribution in [0.3, 0.4) is 0 Å². The smallest absolute Gasteiger partial charge is 0.274 e. The molecule has 1 aliphatic heterocycles. The normalized spacial score (nSPS) is 18.5. The second-order valence-corrected chi connectivity index (χ2v) is 4.39. The predicted molar refractivity (Wildman–Crippen MR) is 67.5 cm³/mol. The summed E-state index contributed by atoms with van der Waals surface area (Å²) in [4.78, 5) is 21.5. The number of amides is 1. The van der Waals surface area contributed by atoms with Crippen LogP contribution in [0.15, 0.2) is 18.2 Å². The molecule has 18 heavy (non-hydrogen) atoms. The van der Waals surface area contributed by atoms with Gasteiger partial charge in [-0.25, -0.2) is 0 Å². The van der Waals surface area contributed by atoms with Crippen molar-refractivity contribution < 1.29 is 9.72 Å². The lowest BCUT2D eigenvalue weighted by Crippen LogP contribution is -2.31. The fourth-order valence-corrected chi connectivity index (χ4v) is 2.08. The van der Waals surface area contributed by atoms with E-state index in [1.54, 1.807) is 19.1 Å². The average Bonchev–Trinajstić information content (AvgIpc) is 2.73. The number of benzene rings is 1. The number of hydrogen-bond acceptors (Lipinski definition) is 4. The van der Waals surface area contributed by atoms with Crippen LogP contribution < -0.4 is 10.6 Å². The summed E-state index contributed by atoms with van der Waals surface area (Å²) in [5.74, 6) is 0.0672. The van der Waals surface area contributed by atoms with E-state index in [0.717, 1.165) is 12.1 Å². The summed E-state index contributed by atoms with van der Waals surface area (Å²) >= 11 is 0. The van der Waals surface area contributed by atoms with Crippen molar-refractivity contribution >= 4 is 17.3 Å². The minimum atomic E-state index is -0.391. The van der Waals surface area contributed by atoms with Gasteiger partial charge in [-0.3, -0.25) is 14.9 Å². The topological polar surface area (TPSA) is 84.3 Å². The van der Waals surface area contributed by atoms with Gasteiger partial charge in [0, 0.05) is 36.3 Å². The van der Waals surface area contributed by atoms with Crippen molar-refractivity contribution in [2.45, 2.75) is 25.8 Å². The van der Waals surface area contributed by atoms with Gasteiger partial charge in [0.05, 0.1) is 4.92 Å². The monoisotopic (exact) mass is 249 g/mol. The lowest BCUT2D eigenvalue weighted by molar-refractivity contribution is -0.385. The van der Waals surface area contributed by atoms with Gasteiger partial charge in [0.1, 0.15) is 0 Å². The summed E-state index contributed by atoms with van der Waals surface area (Å²) in [7, 11) is 0. The highest BCUT2D eigenvalue weighted by molar-refractivity contribution is 5.78. The van der Waals surface area contributed by atoms with Crippen molar-refractivity contribution in [1.82, 2.24) is 5.32 Å². The van der Waals surface area contributed by atoms with E-state index in [4.69, 9.17) is 0 Å². The second kappa shape index (κ2) is 5.03. The standard InChI is InChI=1S/C12H15N3O3/c1-8-10(3-2-4-11(8)15(17)18)13-7-9-5-6-12(16)14-9/h2-4,9,13H,5-7H2,1H3,(H,14,16). The molecule has 1 fully saturated rings. The number of nitrogens with zero attached hydrogens (tertiary/aromatic N) is 1. The Morgan fingerprint density at radius 1 is 1.56 bits per heavy atom. The van der Waals surface area contributed by atoms with Gasteiger partial charge in [-0.1, -0.05) is 6.07 Å². The number of anilines is 1. The van der Waals surface area contributed by atoms with Crippen molar-refractivity contribution in [2.24, 2.45) is 0 Å². The molecule has 1 amide bonds. The SMILES string of the molecule is Cc1c(NCC2CCC(=O)N2)cccc1[N+](=O)[O-]. The number of rotatable bonds is 4. The summed E-state index contributed by atoms with van der Waals surface area (Å²) in [5.41, 5.74) is 1.47.